The lowest BCUT2D eigenvalue weighted by atomic mass is 10.2. The Hall–Kier alpha value is -2.76. The Morgan fingerprint density at radius 1 is 1.30 bits per heavy atom. The summed E-state index contributed by atoms with van der Waals surface area (Å²) < 4.78 is 1.93. The Balaban J connectivity index is 1.98. The third kappa shape index (κ3) is 2.23. The molecule has 2 heterocycles. The molecule has 3 rings (SSSR count). The topological polar surface area (TPSA) is 80.9 Å². The van der Waals surface area contributed by atoms with Gasteiger partial charge in [0.15, 0.2) is 0 Å². The molecule has 0 atom stereocenters. The van der Waals surface area contributed by atoms with Crippen molar-refractivity contribution in [1.29, 1.82) is 0 Å². The van der Waals surface area contributed by atoms with Crippen molar-refractivity contribution in [1.82, 2.24) is 19.5 Å². The molecule has 6 nitrogen and oxygen atoms in total. The van der Waals surface area contributed by atoms with E-state index in [9.17, 15) is 4.79 Å². The molecule has 0 unspecified atom stereocenters. The maximum Gasteiger partial charge on any atom is 0.335 e. The first-order chi connectivity index (χ1) is 9.63. The van der Waals surface area contributed by atoms with Crippen LogP contribution in [0.1, 0.15) is 21.9 Å². The first kappa shape index (κ1) is 12.3. The van der Waals surface area contributed by atoms with E-state index in [-0.39, 0.29) is 5.56 Å². The minimum Gasteiger partial charge on any atom is -0.478 e. The summed E-state index contributed by atoms with van der Waals surface area (Å²) >= 11 is 0. The Bertz CT molecular complexity index is 795. The molecule has 6 heteroatoms. The minimum absolute atomic E-state index is 0.237. The number of fused-ring (bicyclic) bond motifs is 1. The molecule has 3 aromatic rings. The highest BCUT2D eigenvalue weighted by atomic mass is 16.4. The second-order valence-electron chi connectivity index (χ2n) is 4.48. The highest BCUT2D eigenvalue weighted by Gasteiger charge is 2.08. The molecule has 1 aromatic carbocycles. The molecule has 0 bridgehead atoms. The van der Waals surface area contributed by atoms with Gasteiger partial charge in [-0.2, -0.15) is 0 Å². The number of aromatic carboxylic acids is 1. The number of aryl methyl sites for hydroxylation is 1. The molecule has 0 aliphatic rings. The van der Waals surface area contributed by atoms with E-state index in [2.05, 4.69) is 15.0 Å². The quantitative estimate of drug-likeness (QED) is 0.784. The second-order valence-corrected chi connectivity index (χ2v) is 4.48. The van der Waals surface area contributed by atoms with E-state index in [0.717, 1.165) is 17.0 Å². The van der Waals surface area contributed by atoms with Gasteiger partial charge in [-0.15, -0.1) is 0 Å². The van der Waals surface area contributed by atoms with E-state index in [0.29, 0.717) is 12.1 Å². The van der Waals surface area contributed by atoms with E-state index in [1.165, 1.54) is 0 Å². The summed E-state index contributed by atoms with van der Waals surface area (Å²) in [6.45, 7) is 2.42. The fourth-order valence-electron chi connectivity index (χ4n) is 2.09. The summed E-state index contributed by atoms with van der Waals surface area (Å²) in [4.78, 5) is 23.6. The van der Waals surface area contributed by atoms with E-state index >= 15 is 0 Å². The van der Waals surface area contributed by atoms with Crippen LogP contribution in [0.5, 0.6) is 0 Å². The number of benzene rings is 1. The maximum atomic E-state index is 10.9. The summed E-state index contributed by atoms with van der Waals surface area (Å²) in [5, 5.41) is 8.97. The molecule has 0 aliphatic heterocycles. The molecule has 0 radical (unpaired) electrons. The zero-order valence-electron chi connectivity index (χ0n) is 10.8. The van der Waals surface area contributed by atoms with Gasteiger partial charge in [-0.05, 0) is 31.2 Å². The molecular formula is C14H12N4O2. The van der Waals surface area contributed by atoms with Gasteiger partial charge in [0.25, 0.3) is 0 Å². The van der Waals surface area contributed by atoms with Crippen molar-refractivity contribution >= 4 is 17.0 Å². The van der Waals surface area contributed by atoms with E-state index < -0.39 is 5.97 Å². The molecule has 1 N–H and O–H groups in total. The van der Waals surface area contributed by atoms with Gasteiger partial charge in [0.05, 0.1) is 35.2 Å². The van der Waals surface area contributed by atoms with Gasteiger partial charge in [0.2, 0.25) is 0 Å². The highest BCUT2D eigenvalue weighted by molar-refractivity contribution is 5.92. The van der Waals surface area contributed by atoms with E-state index in [1.54, 1.807) is 30.7 Å². The van der Waals surface area contributed by atoms with Crippen molar-refractivity contribution in [3.8, 4) is 0 Å². The van der Waals surface area contributed by atoms with Crippen molar-refractivity contribution in [2.45, 2.75) is 13.5 Å². The number of rotatable bonds is 3. The molecular weight excluding hydrogens is 256 g/mol. The Kier molecular flexibility index (Phi) is 2.90. The molecule has 0 fully saturated rings. The molecule has 0 spiro atoms. The van der Waals surface area contributed by atoms with Crippen LogP contribution in [0.15, 0.2) is 36.8 Å². The Morgan fingerprint density at radius 2 is 2.15 bits per heavy atom. The van der Waals surface area contributed by atoms with Gasteiger partial charge in [0, 0.05) is 6.20 Å². The van der Waals surface area contributed by atoms with Gasteiger partial charge in [-0.25, -0.2) is 19.7 Å². The maximum absolute atomic E-state index is 10.9. The van der Waals surface area contributed by atoms with Crippen molar-refractivity contribution in [2.24, 2.45) is 0 Å². The van der Waals surface area contributed by atoms with Crippen molar-refractivity contribution < 1.29 is 9.90 Å². The Labute approximate surface area is 114 Å². The summed E-state index contributed by atoms with van der Waals surface area (Å²) in [6.07, 6.45) is 3.41. The fraction of sp³-hybridized carbons (Fsp3) is 0.143. The zero-order valence-corrected chi connectivity index (χ0v) is 10.8. The van der Waals surface area contributed by atoms with Crippen LogP contribution in [0.25, 0.3) is 11.0 Å². The SMILES string of the molecule is Cc1nccc(Cn2cnc3cc(C(=O)O)ccc32)n1. The first-order valence-electron chi connectivity index (χ1n) is 6.10. The van der Waals surface area contributed by atoms with Crippen LogP contribution in [0.4, 0.5) is 0 Å². The number of nitrogens with zero attached hydrogens (tertiary/aromatic N) is 4. The molecule has 0 saturated heterocycles. The molecule has 20 heavy (non-hydrogen) atoms. The van der Waals surface area contributed by atoms with Crippen LogP contribution < -0.4 is 0 Å². The molecule has 0 amide bonds. The molecule has 0 aliphatic carbocycles. The number of carboxylic acid groups (broad SMARTS) is 1. The van der Waals surface area contributed by atoms with Crippen LogP contribution >= 0.6 is 0 Å². The standard InChI is InChI=1S/C14H12N4O2/c1-9-15-5-4-11(17-9)7-18-8-16-12-6-10(14(19)20)2-3-13(12)18/h2-6,8H,7H2,1H3,(H,19,20). The predicted octanol–water partition coefficient (Wildman–Crippen LogP) is 1.88. The lowest BCUT2D eigenvalue weighted by molar-refractivity contribution is 0.0697. The molecule has 2 aromatic heterocycles. The van der Waals surface area contributed by atoms with Crippen molar-refractivity contribution in [3.05, 3.63) is 53.9 Å². The van der Waals surface area contributed by atoms with Crippen LogP contribution in [-0.2, 0) is 6.54 Å². The van der Waals surface area contributed by atoms with Crippen molar-refractivity contribution in [3.63, 3.8) is 0 Å². The number of hydrogen-bond donors (Lipinski definition) is 1. The normalized spacial score (nSPS) is 10.8. The van der Waals surface area contributed by atoms with Crippen LogP contribution in [0, 0.1) is 6.92 Å². The van der Waals surface area contributed by atoms with Gasteiger partial charge in [-0.3, -0.25) is 0 Å². The fourth-order valence-corrected chi connectivity index (χ4v) is 2.09. The van der Waals surface area contributed by atoms with Gasteiger partial charge < -0.3 is 9.67 Å². The zero-order chi connectivity index (χ0) is 14.1. The van der Waals surface area contributed by atoms with Gasteiger partial charge >= 0.3 is 5.97 Å². The predicted molar refractivity (Wildman–Crippen MR) is 72.6 cm³/mol. The summed E-state index contributed by atoms with van der Waals surface area (Å²) in [6, 6.07) is 6.76. The number of imidazole rings is 1. The van der Waals surface area contributed by atoms with E-state index in [1.807, 2.05) is 17.6 Å². The number of aromatic nitrogens is 4. The average molecular weight is 268 g/mol. The van der Waals surface area contributed by atoms with Crippen LogP contribution in [0.3, 0.4) is 0 Å². The van der Waals surface area contributed by atoms with Gasteiger partial charge in [-0.1, -0.05) is 0 Å². The number of carboxylic acids is 1. The number of hydrogen-bond acceptors (Lipinski definition) is 4. The van der Waals surface area contributed by atoms with Crippen LogP contribution in [-0.4, -0.2) is 30.6 Å². The van der Waals surface area contributed by atoms with Crippen LogP contribution in [0.2, 0.25) is 0 Å². The summed E-state index contributed by atoms with van der Waals surface area (Å²) in [5.74, 6) is -0.229. The molecule has 100 valence electrons. The monoisotopic (exact) mass is 268 g/mol. The van der Waals surface area contributed by atoms with E-state index in [4.69, 9.17) is 5.11 Å². The van der Waals surface area contributed by atoms with Crippen molar-refractivity contribution in [2.75, 3.05) is 0 Å². The minimum atomic E-state index is -0.951. The Morgan fingerprint density at radius 3 is 2.90 bits per heavy atom. The second kappa shape index (κ2) is 4.73. The summed E-state index contributed by atoms with van der Waals surface area (Å²) in [7, 11) is 0. The smallest absolute Gasteiger partial charge is 0.335 e. The highest BCUT2D eigenvalue weighted by Crippen LogP contribution is 2.16. The largest absolute Gasteiger partial charge is 0.478 e. The number of carbonyl (C=O) groups is 1. The molecule has 0 saturated carbocycles. The average Bonchev–Trinajstić information content (AvgIpc) is 2.81. The first-order valence-corrected chi connectivity index (χ1v) is 6.10. The van der Waals surface area contributed by atoms with Gasteiger partial charge in [0.1, 0.15) is 5.82 Å². The lowest BCUT2D eigenvalue weighted by Crippen LogP contribution is -2.02. The summed E-state index contributed by atoms with van der Waals surface area (Å²) in [5.41, 5.74) is 2.67. The third-order valence-electron chi connectivity index (χ3n) is 3.03. The third-order valence-corrected chi connectivity index (χ3v) is 3.03. The lowest BCUT2D eigenvalue weighted by Gasteiger charge is -2.04.